The first-order chi connectivity index (χ1) is 6.66. The van der Waals surface area contributed by atoms with Gasteiger partial charge in [-0.2, -0.15) is 0 Å². The molecule has 0 unspecified atom stereocenters. The van der Waals surface area contributed by atoms with Crippen LogP contribution < -0.4 is 5.32 Å². The Morgan fingerprint density at radius 1 is 1.50 bits per heavy atom. The molecule has 0 radical (unpaired) electrons. The summed E-state index contributed by atoms with van der Waals surface area (Å²) in [5, 5.41) is 13.8. The maximum atomic E-state index is 10.8. The van der Waals surface area contributed by atoms with Crippen molar-refractivity contribution in [2.45, 2.75) is 13.3 Å². The monoisotopic (exact) mass is 194 g/mol. The molecule has 1 rings (SSSR count). The lowest BCUT2D eigenvalue weighted by Gasteiger charge is -2.04. The van der Waals surface area contributed by atoms with E-state index in [1.165, 1.54) is 0 Å². The molecule has 0 heterocycles. The molecule has 0 spiro atoms. The van der Waals surface area contributed by atoms with Crippen LogP contribution in [-0.2, 0) is 6.42 Å². The van der Waals surface area contributed by atoms with Crippen molar-refractivity contribution in [3.8, 4) is 0 Å². The van der Waals surface area contributed by atoms with Gasteiger partial charge in [0, 0.05) is 11.1 Å². The summed E-state index contributed by atoms with van der Waals surface area (Å²) in [4.78, 5) is 10.5. The molecule has 0 saturated carbocycles. The summed E-state index contributed by atoms with van der Waals surface area (Å²) in [5.41, 5.74) is 1.77. The average molecular weight is 194 g/mol. The fraction of sp³-hybridized carbons (Fsp3) is 0.400. The molecule has 0 aliphatic carbocycles. The maximum Gasteiger partial charge on any atom is 0.275 e. The fourth-order valence-electron chi connectivity index (χ4n) is 1.44. The third-order valence-corrected chi connectivity index (χ3v) is 2.15. The van der Waals surface area contributed by atoms with Gasteiger partial charge in [-0.05, 0) is 26.9 Å². The molecule has 0 aliphatic rings. The van der Waals surface area contributed by atoms with Gasteiger partial charge in [-0.25, -0.2) is 0 Å². The lowest BCUT2D eigenvalue weighted by Crippen LogP contribution is -2.11. The molecule has 0 saturated heterocycles. The molecule has 0 amide bonds. The predicted octanol–water partition coefficient (Wildman–Crippen LogP) is 1.67. The number of aryl methyl sites for hydroxylation is 1. The summed E-state index contributed by atoms with van der Waals surface area (Å²) in [6, 6.07) is 5.43. The molecule has 4 heteroatoms. The van der Waals surface area contributed by atoms with Crippen LogP contribution in [0.3, 0.4) is 0 Å². The van der Waals surface area contributed by atoms with E-state index in [-0.39, 0.29) is 10.6 Å². The quantitative estimate of drug-likeness (QED) is 0.586. The molecule has 1 aromatic carbocycles. The largest absolute Gasteiger partial charge is 0.319 e. The molecule has 4 nitrogen and oxygen atoms in total. The smallest absolute Gasteiger partial charge is 0.275 e. The Balaban J connectivity index is 3.02. The lowest BCUT2D eigenvalue weighted by molar-refractivity contribution is -0.386. The van der Waals surface area contributed by atoms with Crippen LogP contribution in [0.5, 0.6) is 0 Å². The van der Waals surface area contributed by atoms with E-state index in [4.69, 9.17) is 0 Å². The van der Waals surface area contributed by atoms with Crippen molar-refractivity contribution < 1.29 is 4.92 Å². The molecule has 76 valence electrons. The van der Waals surface area contributed by atoms with Crippen molar-refractivity contribution in [1.82, 2.24) is 5.32 Å². The first-order valence-corrected chi connectivity index (χ1v) is 4.54. The molecule has 0 fully saturated rings. The van der Waals surface area contributed by atoms with Gasteiger partial charge >= 0.3 is 0 Å². The minimum absolute atomic E-state index is 0.253. The van der Waals surface area contributed by atoms with Gasteiger partial charge in [-0.1, -0.05) is 18.2 Å². The predicted molar refractivity (Wildman–Crippen MR) is 55.5 cm³/mol. The molecule has 1 N–H and O–H groups in total. The van der Waals surface area contributed by atoms with E-state index in [0.717, 1.165) is 17.7 Å². The number of para-hydroxylation sites is 1. The molecule has 0 aliphatic heterocycles. The van der Waals surface area contributed by atoms with E-state index in [1.54, 1.807) is 13.0 Å². The van der Waals surface area contributed by atoms with E-state index in [9.17, 15) is 10.1 Å². The Morgan fingerprint density at radius 3 is 2.79 bits per heavy atom. The molecule has 0 bridgehead atoms. The normalized spacial score (nSPS) is 10.1. The summed E-state index contributed by atoms with van der Waals surface area (Å²) < 4.78 is 0. The fourth-order valence-corrected chi connectivity index (χ4v) is 1.44. The van der Waals surface area contributed by atoms with Crippen LogP contribution in [0, 0.1) is 17.0 Å². The second-order valence-electron chi connectivity index (χ2n) is 3.19. The van der Waals surface area contributed by atoms with Crippen molar-refractivity contribution in [1.29, 1.82) is 0 Å². The highest BCUT2D eigenvalue weighted by molar-refractivity contribution is 5.47. The summed E-state index contributed by atoms with van der Waals surface area (Å²) in [6.07, 6.45) is 0.689. The van der Waals surface area contributed by atoms with Gasteiger partial charge in [0.2, 0.25) is 0 Å². The topological polar surface area (TPSA) is 55.2 Å². The molecule has 0 atom stereocenters. The third-order valence-electron chi connectivity index (χ3n) is 2.15. The Bertz CT molecular complexity index is 337. The number of hydrogen-bond acceptors (Lipinski definition) is 3. The lowest BCUT2D eigenvalue weighted by atomic mass is 10.1. The minimum atomic E-state index is -0.305. The second-order valence-corrected chi connectivity index (χ2v) is 3.19. The molecular formula is C10H14N2O2. The van der Waals surface area contributed by atoms with Gasteiger partial charge in [-0.15, -0.1) is 0 Å². The zero-order chi connectivity index (χ0) is 10.6. The second kappa shape index (κ2) is 4.72. The highest BCUT2D eigenvalue weighted by Gasteiger charge is 2.15. The van der Waals surface area contributed by atoms with Crippen LogP contribution in [0.4, 0.5) is 5.69 Å². The summed E-state index contributed by atoms with van der Waals surface area (Å²) >= 11 is 0. The number of rotatable bonds is 4. The van der Waals surface area contributed by atoms with Crippen LogP contribution in [-0.4, -0.2) is 18.5 Å². The zero-order valence-corrected chi connectivity index (χ0v) is 8.41. The molecule has 0 aromatic heterocycles. The van der Waals surface area contributed by atoms with E-state index >= 15 is 0 Å². The Hall–Kier alpha value is -1.42. The van der Waals surface area contributed by atoms with Crippen LogP contribution in [0.15, 0.2) is 18.2 Å². The number of benzene rings is 1. The van der Waals surface area contributed by atoms with Crippen LogP contribution in [0.2, 0.25) is 0 Å². The van der Waals surface area contributed by atoms with Crippen LogP contribution >= 0.6 is 0 Å². The summed E-state index contributed by atoms with van der Waals surface area (Å²) in [7, 11) is 1.83. The van der Waals surface area contributed by atoms with Crippen molar-refractivity contribution in [2.75, 3.05) is 13.6 Å². The Labute approximate surface area is 83.1 Å². The van der Waals surface area contributed by atoms with Crippen molar-refractivity contribution in [3.05, 3.63) is 39.4 Å². The van der Waals surface area contributed by atoms with Gasteiger partial charge in [0.25, 0.3) is 5.69 Å². The van der Waals surface area contributed by atoms with E-state index in [0.29, 0.717) is 6.42 Å². The Morgan fingerprint density at radius 2 is 2.21 bits per heavy atom. The number of likely N-dealkylation sites (N-methyl/N-ethyl adjacent to an activating group) is 1. The molecular weight excluding hydrogens is 180 g/mol. The van der Waals surface area contributed by atoms with Gasteiger partial charge in [0.15, 0.2) is 0 Å². The maximum absolute atomic E-state index is 10.8. The Kier molecular flexibility index (Phi) is 3.59. The van der Waals surface area contributed by atoms with Crippen LogP contribution in [0.25, 0.3) is 0 Å². The standard InChI is InChI=1S/C10H14N2O2/c1-8-4-3-5-9(6-7-11-2)10(8)12(13)14/h3-5,11H,6-7H2,1-2H3. The number of nitrogens with zero attached hydrogens (tertiary/aromatic N) is 1. The minimum Gasteiger partial charge on any atom is -0.319 e. The first-order valence-electron chi connectivity index (χ1n) is 4.54. The van der Waals surface area contributed by atoms with E-state index in [1.807, 2.05) is 19.2 Å². The zero-order valence-electron chi connectivity index (χ0n) is 8.41. The van der Waals surface area contributed by atoms with E-state index < -0.39 is 0 Å². The molecule has 1 aromatic rings. The third kappa shape index (κ3) is 2.29. The number of hydrogen-bond donors (Lipinski definition) is 1. The number of nitrogens with one attached hydrogen (secondary N) is 1. The number of nitro benzene ring substituents is 1. The summed E-state index contributed by atoms with van der Waals surface area (Å²) in [5.74, 6) is 0. The van der Waals surface area contributed by atoms with Gasteiger partial charge in [0.05, 0.1) is 4.92 Å². The van der Waals surface area contributed by atoms with Crippen molar-refractivity contribution >= 4 is 5.69 Å². The SMILES string of the molecule is CNCCc1cccc(C)c1[N+](=O)[O-]. The highest BCUT2D eigenvalue weighted by Crippen LogP contribution is 2.22. The molecule has 14 heavy (non-hydrogen) atoms. The first kappa shape index (κ1) is 10.7. The average Bonchev–Trinajstić information content (AvgIpc) is 2.14. The highest BCUT2D eigenvalue weighted by atomic mass is 16.6. The van der Waals surface area contributed by atoms with Gasteiger partial charge in [0.1, 0.15) is 0 Å². The summed E-state index contributed by atoms with van der Waals surface area (Å²) in [6.45, 7) is 2.52. The van der Waals surface area contributed by atoms with Gasteiger partial charge < -0.3 is 5.32 Å². The van der Waals surface area contributed by atoms with Crippen molar-refractivity contribution in [3.63, 3.8) is 0 Å². The van der Waals surface area contributed by atoms with Crippen molar-refractivity contribution in [2.24, 2.45) is 0 Å². The van der Waals surface area contributed by atoms with Crippen LogP contribution in [0.1, 0.15) is 11.1 Å². The number of nitro groups is 1. The van der Waals surface area contributed by atoms with E-state index in [2.05, 4.69) is 5.32 Å². The van der Waals surface area contributed by atoms with Gasteiger partial charge in [-0.3, -0.25) is 10.1 Å².